The summed E-state index contributed by atoms with van der Waals surface area (Å²) in [4.78, 5) is 39.6. The molecule has 1 rings (SSSR count). The predicted molar refractivity (Wildman–Crippen MR) is 103 cm³/mol. The maximum Gasteiger partial charge on any atom is 0.408 e. The Hall–Kier alpha value is -1.79. The molecule has 1 aliphatic heterocycles. The molecule has 2 amide bonds. The van der Waals surface area contributed by atoms with Gasteiger partial charge in [-0.25, -0.2) is 9.59 Å². The molecule has 0 aromatic rings. The van der Waals surface area contributed by atoms with Crippen molar-refractivity contribution in [3.8, 4) is 0 Å². The van der Waals surface area contributed by atoms with Gasteiger partial charge in [0, 0.05) is 6.54 Å². The maximum atomic E-state index is 13.3. The fourth-order valence-electron chi connectivity index (χ4n) is 3.42. The van der Waals surface area contributed by atoms with E-state index in [0.717, 1.165) is 6.42 Å². The summed E-state index contributed by atoms with van der Waals surface area (Å²) in [6.45, 7) is 15.4. The van der Waals surface area contributed by atoms with E-state index in [4.69, 9.17) is 9.47 Å². The number of esters is 1. The van der Waals surface area contributed by atoms with Crippen molar-refractivity contribution in [1.29, 1.82) is 0 Å². The summed E-state index contributed by atoms with van der Waals surface area (Å²) in [5, 5.41) is 2.71. The summed E-state index contributed by atoms with van der Waals surface area (Å²) < 4.78 is 10.3. The third-order valence-corrected chi connectivity index (χ3v) is 4.80. The molecule has 0 radical (unpaired) electrons. The molecule has 3 atom stereocenters. The number of carbonyl (C=O) groups excluding carboxylic acids is 3. The molecule has 1 saturated heterocycles. The number of likely N-dealkylation sites (tertiary alicyclic amines) is 1. The SMILES string of the molecule is COC(=O)[C@@H]1[C@@H](C(C)C)CCN1C(=O)[C@@H](NC(=O)OC(C)(C)C)C(C)(C)C. The number of alkyl carbamates (subject to hydrolysis) is 1. The monoisotopic (exact) mass is 384 g/mol. The average Bonchev–Trinajstić information content (AvgIpc) is 2.93. The summed E-state index contributed by atoms with van der Waals surface area (Å²) in [6, 6.07) is -1.45. The molecule has 1 fully saturated rings. The summed E-state index contributed by atoms with van der Waals surface area (Å²) in [6.07, 6.45) is 0.0805. The molecule has 1 aliphatic rings. The molecular weight excluding hydrogens is 348 g/mol. The van der Waals surface area contributed by atoms with E-state index in [0.29, 0.717) is 6.54 Å². The fourth-order valence-corrected chi connectivity index (χ4v) is 3.42. The highest BCUT2D eigenvalue weighted by atomic mass is 16.6. The van der Waals surface area contributed by atoms with Gasteiger partial charge in [0.05, 0.1) is 7.11 Å². The Balaban J connectivity index is 3.10. The van der Waals surface area contributed by atoms with Gasteiger partial charge in [-0.05, 0) is 44.4 Å². The Bertz CT molecular complexity index is 560. The predicted octanol–water partition coefficient (Wildman–Crippen LogP) is 2.97. The second kappa shape index (κ2) is 8.48. The van der Waals surface area contributed by atoms with Crippen LogP contribution >= 0.6 is 0 Å². The number of amides is 2. The molecule has 156 valence electrons. The van der Waals surface area contributed by atoms with Gasteiger partial charge in [0.25, 0.3) is 0 Å². The minimum atomic E-state index is -0.814. The third kappa shape index (κ3) is 6.11. The van der Waals surface area contributed by atoms with Gasteiger partial charge in [-0.15, -0.1) is 0 Å². The van der Waals surface area contributed by atoms with E-state index in [1.165, 1.54) is 7.11 Å². The Morgan fingerprint density at radius 2 is 1.63 bits per heavy atom. The summed E-state index contributed by atoms with van der Waals surface area (Å²) in [5.41, 5.74) is -1.22. The first-order valence-electron chi connectivity index (χ1n) is 9.57. The quantitative estimate of drug-likeness (QED) is 0.753. The van der Waals surface area contributed by atoms with E-state index in [1.54, 1.807) is 25.7 Å². The number of carbonyl (C=O) groups is 3. The van der Waals surface area contributed by atoms with Crippen LogP contribution in [0, 0.1) is 17.3 Å². The molecule has 0 aromatic carbocycles. The van der Waals surface area contributed by atoms with Gasteiger partial charge in [0.1, 0.15) is 17.7 Å². The Morgan fingerprint density at radius 1 is 1.07 bits per heavy atom. The Labute approximate surface area is 163 Å². The number of hydrogen-bond donors (Lipinski definition) is 1. The third-order valence-electron chi connectivity index (χ3n) is 4.80. The van der Waals surface area contributed by atoms with Crippen LogP contribution in [-0.2, 0) is 19.1 Å². The van der Waals surface area contributed by atoms with Crippen LogP contribution in [0.2, 0.25) is 0 Å². The van der Waals surface area contributed by atoms with E-state index in [2.05, 4.69) is 5.32 Å². The van der Waals surface area contributed by atoms with Gasteiger partial charge in [0.15, 0.2) is 0 Å². The molecule has 0 bridgehead atoms. The molecule has 27 heavy (non-hydrogen) atoms. The molecule has 0 saturated carbocycles. The second-order valence-electron chi connectivity index (χ2n) is 9.64. The van der Waals surface area contributed by atoms with Crippen LogP contribution in [0.15, 0.2) is 0 Å². The molecule has 7 heteroatoms. The van der Waals surface area contributed by atoms with Gasteiger partial charge in [-0.3, -0.25) is 4.79 Å². The minimum Gasteiger partial charge on any atom is -0.467 e. The van der Waals surface area contributed by atoms with Crippen LogP contribution in [0.4, 0.5) is 4.79 Å². The molecule has 1 heterocycles. The highest BCUT2D eigenvalue weighted by Gasteiger charge is 2.47. The van der Waals surface area contributed by atoms with E-state index in [1.807, 2.05) is 34.6 Å². The molecular formula is C20H36N2O5. The normalized spacial score (nSPS) is 21.8. The van der Waals surface area contributed by atoms with Gasteiger partial charge >= 0.3 is 12.1 Å². The summed E-state index contributed by atoms with van der Waals surface area (Å²) in [7, 11) is 1.33. The first kappa shape index (κ1) is 23.2. The number of nitrogens with one attached hydrogen (secondary N) is 1. The van der Waals surface area contributed by atoms with Crippen molar-refractivity contribution < 1.29 is 23.9 Å². The van der Waals surface area contributed by atoms with Crippen LogP contribution in [0.5, 0.6) is 0 Å². The summed E-state index contributed by atoms with van der Waals surface area (Å²) in [5.74, 6) is -0.432. The number of hydrogen-bond acceptors (Lipinski definition) is 5. The van der Waals surface area contributed by atoms with Crippen LogP contribution in [0.25, 0.3) is 0 Å². The van der Waals surface area contributed by atoms with Crippen LogP contribution in [-0.4, -0.2) is 54.2 Å². The number of rotatable bonds is 4. The van der Waals surface area contributed by atoms with Gasteiger partial charge in [0.2, 0.25) is 5.91 Å². The Morgan fingerprint density at radius 3 is 2.04 bits per heavy atom. The maximum absolute atomic E-state index is 13.3. The lowest BCUT2D eigenvalue weighted by Crippen LogP contribution is -2.58. The molecule has 0 aliphatic carbocycles. The van der Waals surface area contributed by atoms with Crippen molar-refractivity contribution in [2.45, 2.75) is 79.5 Å². The van der Waals surface area contributed by atoms with Gasteiger partial charge < -0.3 is 19.7 Å². The highest BCUT2D eigenvalue weighted by Crippen LogP contribution is 2.33. The minimum absolute atomic E-state index is 0.0311. The first-order chi connectivity index (χ1) is 12.2. The second-order valence-corrected chi connectivity index (χ2v) is 9.64. The number of ether oxygens (including phenoxy) is 2. The van der Waals surface area contributed by atoms with E-state index >= 15 is 0 Å². The van der Waals surface area contributed by atoms with Crippen LogP contribution < -0.4 is 5.32 Å². The molecule has 1 N–H and O–H groups in total. The number of nitrogens with zero attached hydrogens (tertiary/aromatic N) is 1. The van der Waals surface area contributed by atoms with Crippen molar-refractivity contribution >= 4 is 18.0 Å². The van der Waals surface area contributed by atoms with Crippen LogP contribution in [0.1, 0.15) is 61.8 Å². The van der Waals surface area contributed by atoms with Crippen molar-refractivity contribution in [3.05, 3.63) is 0 Å². The zero-order valence-electron chi connectivity index (χ0n) is 18.2. The van der Waals surface area contributed by atoms with Crippen molar-refractivity contribution in [2.75, 3.05) is 13.7 Å². The largest absolute Gasteiger partial charge is 0.467 e. The van der Waals surface area contributed by atoms with Gasteiger partial charge in [-0.1, -0.05) is 34.6 Å². The van der Waals surface area contributed by atoms with E-state index < -0.39 is 35.2 Å². The van der Waals surface area contributed by atoms with Crippen molar-refractivity contribution in [3.63, 3.8) is 0 Å². The number of methoxy groups -OCH3 is 1. The standard InChI is InChI=1S/C20H36N2O5/c1-12(2)13-10-11-22(14(13)17(24)26-9)16(23)15(19(3,4)5)21-18(25)27-20(6,7)8/h12-15H,10-11H2,1-9H3,(H,21,25)/t13-,14+,15-/m1/s1. The zero-order valence-corrected chi connectivity index (χ0v) is 18.2. The summed E-state index contributed by atoms with van der Waals surface area (Å²) >= 11 is 0. The lowest BCUT2D eigenvalue weighted by molar-refractivity contribution is -0.154. The fraction of sp³-hybridized carbons (Fsp3) is 0.850. The molecule has 7 nitrogen and oxygen atoms in total. The molecule has 0 spiro atoms. The van der Waals surface area contributed by atoms with E-state index in [9.17, 15) is 14.4 Å². The van der Waals surface area contributed by atoms with Crippen molar-refractivity contribution in [2.24, 2.45) is 17.3 Å². The zero-order chi connectivity index (χ0) is 21.2. The smallest absolute Gasteiger partial charge is 0.408 e. The molecule has 0 unspecified atom stereocenters. The van der Waals surface area contributed by atoms with Crippen LogP contribution in [0.3, 0.4) is 0 Å². The van der Waals surface area contributed by atoms with E-state index in [-0.39, 0.29) is 17.7 Å². The average molecular weight is 385 g/mol. The van der Waals surface area contributed by atoms with Crippen molar-refractivity contribution in [1.82, 2.24) is 10.2 Å². The molecule has 0 aromatic heterocycles. The first-order valence-corrected chi connectivity index (χ1v) is 9.57. The topological polar surface area (TPSA) is 84.9 Å². The highest BCUT2D eigenvalue weighted by molar-refractivity contribution is 5.91. The lowest BCUT2D eigenvalue weighted by atomic mass is 9.85. The van der Waals surface area contributed by atoms with Gasteiger partial charge in [-0.2, -0.15) is 0 Å². The Kier molecular flexibility index (Phi) is 7.30. The lowest BCUT2D eigenvalue weighted by Gasteiger charge is -2.36.